The predicted octanol–water partition coefficient (Wildman–Crippen LogP) is 2.62. The van der Waals surface area contributed by atoms with Gasteiger partial charge >= 0.3 is 0 Å². The SMILES string of the molecule is C=CCc1cc(CC)cc2c1CNCC2. The first-order chi connectivity index (χ1) is 7.35. The molecule has 1 heteroatoms. The lowest BCUT2D eigenvalue weighted by Crippen LogP contribution is -2.25. The number of aryl methyl sites for hydroxylation is 1. The molecule has 0 saturated carbocycles. The van der Waals surface area contributed by atoms with Crippen molar-refractivity contribution in [2.45, 2.75) is 32.7 Å². The number of nitrogens with one attached hydrogen (secondary N) is 1. The molecule has 2 rings (SSSR count). The lowest BCUT2D eigenvalue weighted by molar-refractivity contribution is 0.638. The summed E-state index contributed by atoms with van der Waals surface area (Å²) in [5, 5.41) is 3.44. The molecule has 0 fully saturated rings. The Balaban J connectivity index is 2.45. The van der Waals surface area contributed by atoms with Crippen LogP contribution in [0.25, 0.3) is 0 Å². The summed E-state index contributed by atoms with van der Waals surface area (Å²) in [6.45, 7) is 8.21. The van der Waals surface area contributed by atoms with Gasteiger partial charge in [-0.2, -0.15) is 0 Å². The second-order valence-corrected chi connectivity index (χ2v) is 4.17. The molecule has 1 N–H and O–H groups in total. The van der Waals surface area contributed by atoms with Crippen molar-refractivity contribution in [3.05, 3.63) is 47.0 Å². The Bertz CT molecular complexity index is 366. The van der Waals surface area contributed by atoms with Gasteiger partial charge in [-0.15, -0.1) is 6.58 Å². The fourth-order valence-electron chi connectivity index (χ4n) is 2.30. The van der Waals surface area contributed by atoms with Crippen molar-refractivity contribution in [3.8, 4) is 0 Å². The first-order valence-electron chi connectivity index (χ1n) is 5.80. The molecule has 0 amide bonds. The average Bonchev–Trinajstić information content (AvgIpc) is 2.29. The van der Waals surface area contributed by atoms with E-state index in [1.165, 1.54) is 23.1 Å². The van der Waals surface area contributed by atoms with E-state index >= 15 is 0 Å². The molecule has 0 saturated heterocycles. The van der Waals surface area contributed by atoms with Crippen LogP contribution in [-0.2, 0) is 25.8 Å². The molecule has 1 heterocycles. The van der Waals surface area contributed by atoms with Crippen LogP contribution in [0.15, 0.2) is 24.8 Å². The van der Waals surface area contributed by atoms with Crippen molar-refractivity contribution in [1.82, 2.24) is 5.32 Å². The predicted molar refractivity (Wildman–Crippen MR) is 65.1 cm³/mol. The molecular weight excluding hydrogens is 182 g/mol. The molecule has 0 spiro atoms. The molecule has 0 atom stereocenters. The minimum Gasteiger partial charge on any atom is -0.312 e. The molecule has 0 aliphatic carbocycles. The van der Waals surface area contributed by atoms with E-state index in [1.54, 1.807) is 5.56 Å². The molecule has 1 aromatic rings. The number of rotatable bonds is 3. The molecule has 0 unspecified atom stereocenters. The molecule has 1 aromatic carbocycles. The van der Waals surface area contributed by atoms with Crippen LogP contribution in [0.2, 0.25) is 0 Å². The Labute approximate surface area is 92.2 Å². The third-order valence-electron chi connectivity index (χ3n) is 3.14. The van der Waals surface area contributed by atoms with E-state index in [-0.39, 0.29) is 0 Å². The van der Waals surface area contributed by atoms with Gasteiger partial charge in [-0.3, -0.25) is 0 Å². The van der Waals surface area contributed by atoms with E-state index in [4.69, 9.17) is 0 Å². The average molecular weight is 201 g/mol. The van der Waals surface area contributed by atoms with Gasteiger partial charge in [0.05, 0.1) is 0 Å². The van der Waals surface area contributed by atoms with Crippen LogP contribution in [-0.4, -0.2) is 6.54 Å². The fraction of sp³-hybridized carbons (Fsp3) is 0.429. The van der Waals surface area contributed by atoms with Gasteiger partial charge in [-0.1, -0.05) is 25.1 Å². The highest BCUT2D eigenvalue weighted by Gasteiger charge is 2.12. The standard InChI is InChI=1S/C14H19N/c1-3-5-12-8-11(4-2)9-13-6-7-15-10-14(12)13/h3,8-9,15H,1,4-7,10H2,2H3. The second-order valence-electron chi connectivity index (χ2n) is 4.17. The fourth-order valence-corrected chi connectivity index (χ4v) is 2.30. The van der Waals surface area contributed by atoms with Crippen molar-refractivity contribution >= 4 is 0 Å². The lowest BCUT2D eigenvalue weighted by atomic mass is 9.91. The van der Waals surface area contributed by atoms with Crippen molar-refractivity contribution in [3.63, 3.8) is 0 Å². The van der Waals surface area contributed by atoms with Crippen LogP contribution < -0.4 is 5.32 Å². The van der Waals surface area contributed by atoms with Gasteiger partial charge in [0.25, 0.3) is 0 Å². The van der Waals surface area contributed by atoms with Gasteiger partial charge in [0.15, 0.2) is 0 Å². The first kappa shape index (κ1) is 10.4. The molecule has 0 radical (unpaired) electrons. The molecule has 1 nitrogen and oxygen atoms in total. The lowest BCUT2D eigenvalue weighted by Gasteiger charge is -2.21. The Morgan fingerprint density at radius 3 is 3.07 bits per heavy atom. The van der Waals surface area contributed by atoms with Gasteiger partial charge in [0.1, 0.15) is 0 Å². The molecule has 0 bridgehead atoms. The summed E-state index contributed by atoms with van der Waals surface area (Å²) in [7, 11) is 0. The third-order valence-corrected chi connectivity index (χ3v) is 3.14. The van der Waals surface area contributed by atoms with Crippen LogP contribution in [0.3, 0.4) is 0 Å². The van der Waals surface area contributed by atoms with Crippen molar-refractivity contribution in [1.29, 1.82) is 0 Å². The monoisotopic (exact) mass is 201 g/mol. The number of hydrogen-bond acceptors (Lipinski definition) is 1. The summed E-state index contributed by atoms with van der Waals surface area (Å²) in [5.74, 6) is 0. The highest BCUT2D eigenvalue weighted by molar-refractivity contribution is 5.41. The van der Waals surface area contributed by atoms with E-state index in [9.17, 15) is 0 Å². The number of allylic oxidation sites excluding steroid dienone is 1. The van der Waals surface area contributed by atoms with Gasteiger partial charge in [0.2, 0.25) is 0 Å². The normalized spacial score (nSPS) is 14.7. The van der Waals surface area contributed by atoms with Crippen LogP contribution >= 0.6 is 0 Å². The Morgan fingerprint density at radius 2 is 2.33 bits per heavy atom. The topological polar surface area (TPSA) is 12.0 Å². The summed E-state index contributed by atoms with van der Waals surface area (Å²) in [6, 6.07) is 4.72. The minimum atomic E-state index is 0.998. The zero-order valence-electron chi connectivity index (χ0n) is 9.47. The third kappa shape index (κ3) is 2.13. The van der Waals surface area contributed by atoms with Crippen LogP contribution in [0.4, 0.5) is 0 Å². The summed E-state index contributed by atoms with van der Waals surface area (Å²) in [5.41, 5.74) is 5.99. The molecule has 15 heavy (non-hydrogen) atoms. The first-order valence-corrected chi connectivity index (χ1v) is 5.80. The van der Waals surface area contributed by atoms with Crippen LogP contribution in [0.5, 0.6) is 0 Å². The molecule has 1 aliphatic rings. The zero-order chi connectivity index (χ0) is 10.7. The van der Waals surface area contributed by atoms with Crippen molar-refractivity contribution < 1.29 is 0 Å². The minimum absolute atomic E-state index is 0.998. The molecular formula is C14H19N. The van der Waals surface area contributed by atoms with Gasteiger partial charge < -0.3 is 5.32 Å². The van der Waals surface area contributed by atoms with E-state index in [0.29, 0.717) is 0 Å². The van der Waals surface area contributed by atoms with Gasteiger partial charge in [-0.05, 0) is 48.1 Å². The Morgan fingerprint density at radius 1 is 1.47 bits per heavy atom. The summed E-state index contributed by atoms with van der Waals surface area (Å²) in [6.07, 6.45) is 5.31. The van der Waals surface area contributed by atoms with E-state index in [1.807, 2.05) is 6.08 Å². The summed E-state index contributed by atoms with van der Waals surface area (Å²) >= 11 is 0. The van der Waals surface area contributed by atoms with Crippen LogP contribution in [0.1, 0.15) is 29.2 Å². The van der Waals surface area contributed by atoms with Crippen molar-refractivity contribution in [2.24, 2.45) is 0 Å². The maximum absolute atomic E-state index is 3.84. The molecule has 0 aromatic heterocycles. The van der Waals surface area contributed by atoms with Crippen LogP contribution in [0, 0.1) is 0 Å². The quantitative estimate of drug-likeness (QED) is 0.741. The number of hydrogen-bond donors (Lipinski definition) is 1. The highest BCUT2D eigenvalue weighted by atomic mass is 14.9. The Hall–Kier alpha value is -1.08. The largest absolute Gasteiger partial charge is 0.312 e. The number of benzene rings is 1. The molecule has 80 valence electrons. The van der Waals surface area contributed by atoms with E-state index in [2.05, 4.69) is 31.0 Å². The zero-order valence-corrected chi connectivity index (χ0v) is 9.47. The Kier molecular flexibility index (Phi) is 3.22. The van der Waals surface area contributed by atoms with Crippen molar-refractivity contribution in [2.75, 3.05) is 6.54 Å². The van der Waals surface area contributed by atoms with E-state index in [0.717, 1.165) is 25.9 Å². The summed E-state index contributed by atoms with van der Waals surface area (Å²) in [4.78, 5) is 0. The smallest absolute Gasteiger partial charge is 0.0211 e. The van der Waals surface area contributed by atoms with E-state index < -0.39 is 0 Å². The van der Waals surface area contributed by atoms with Gasteiger partial charge in [-0.25, -0.2) is 0 Å². The van der Waals surface area contributed by atoms with Gasteiger partial charge in [0, 0.05) is 6.54 Å². The maximum atomic E-state index is 3.84. The maximum Gasteiger partial charge on any atom is 0.0211 e. The molecule has 1 aliphatic heterocycles. The highest BCUT2D eigenvalue weighted by Crippen LogP contribution is 2.22. The second kappa shape index (κ2) is 4.63. The summed E-state index contributed by atoms with van der Waals surface area (Å²) < 4.78 is 0. The number of fused-ring (bicyclic) bond motifs is 1.